The minimum Gasteiger partial charge on any atom is -0.373 e. The first-order valence-electron chi connectivity index (χ1n) is 2.52. The highest BCUT2D eigenvalue weighted by Crippen LogP contribution is 1.67. The van der Waals surface area contributed by atoms with Gasteiger partial charge in [-0.25, -0.2) is 0 Å². The number of thiocarbonyl (C=S) groups is 1. The lowest BCUT2D eigenvalue weighted by Gasteiger charge is -2.06. The van der Waals surface area contributed by atoms with E-state index in [9.17, 15) is 0 Å². The van der Waals surface area contributed by atoms with E-state index in [1.807, 2.05) is 14.1 Å². The molecule has 0 amide bonds. The molecule has 0 aromatic heterocycles. The summed E-state index contributed by atoms with van der Waals surface area (Å²) in [6.07, 6.45) is 0. The van der Waals surface area contributed by atoms with Crippen LogP contribution in [0.15, 0.2) is 0 Å². The van der Waals surface area contributed by atoms with Gasteiger partial charge in [0.25, 0.3) is 0 Å². The summed E-state index contributed by atoms with van der Waals surface area (Å²) in [4.78, 5) is 2.08. The molecule has 0 saturated carbocycles. The van der Waals surface area contributed by atoms with Crippen LogP contribution >= 0.6 is 12.2 Å². The number of rotatable bonds is 4. The third-order valence-corrected chi connectivity index (χ3v) is 0.901. The SMILES string of the molecule is CN(C)CCN[C]=S. The number of nitrogens with one attached hydrogen (secondary N) is 1. The summed E-state index contributed by atoms with van der Waals surface area (Å²) in [7, 11) is 4.04. The van der Waals surface area contributed by atoms with E-state index in [1.165, 1.54) is 0 Å². The molecule has 0 fully saturated rings. The van der Waals surface area contributed by atoms with E-state index in [-0.39, 0.29) is 0 Å². The van der Waals surface area contributed by atoms with Crippen molar-refractivity contribution in [3.8, 4) is 0 Å². The number of likely N-dealkylation sites (N-methyl/N-ethyl adjacent to an activating group) is 1. The monoisotopic (exact) mass is 131 g/mol. The Morgan fingerprint density at radius 2 is 2.25 bits per heavy atom. The van der Waals surface area contributed by atoms with Gasteiger partial charge in [-0.1, -0.05) is 12.2 Å². The van der Waals surface area contributed by atoms with E-state index in [2.05, 4.69) is 27.9 Å². The van der Waals surface area contributed by atoms with Crippen molar-refractivity contribution in [2.45, 2.75) is 0 Å². The van der Waals surface area contributed by atoms with Crippen molar-refractivity contribution in [2.75, 3.05) is 27.2 Å². The Hall–Kier alpha value is -0.150. The minimum absolute atomic E-state index is 0.885. The van der Waals surface area contributed by atoms with Crippen LogP contribution in [0.1, 0.15) is 0 Å². The molecule has 1 N–H and O–H groups in total. The van der Waals surface area contributed by atoms with Crippen LogP contribution in [0.3, 0.4) is 0 Å². The fraction of sp³-hybridized carbons (Fsp3) is 0.800. The second-order valence-electron chi connectivity index (χ2n) is 1.83. The highest BCUT2D eigenvalue weighted by molar-refractivity contribution is 7.78. The van der Waals surface area contributed by atoms with Crippen LogP contribution in [0.2, 0.25) is 0 Å². The predicted octanol–water partition coefficient (Wildman–Crippen LogP) is -0.0282. The van der Waals surface area contributed by atoms with Gasteiger partial charge in [-0.3, -0.25) is 0 Å². The van der Waals surface area contributed by atoms with Crippen molar-refractivity contribution in [3.05, 3.63) is 0 Å². The third-order valence-electron chi connectivity index (χ3n) is 0.756. The first-order chi connectivity index (χ1) is 3.77. The molecule has 0 bridgehead atoms. The molecule has 0 unspecified atom stereocenters. The summed E-state index contributed by atoms with van der Waals surface area (Å²) < 4.78 is 0. The van der Waals surface area contributed by atoms with Gasteiger partial charge in [0, 0.05) is 13.1 Å². The van der Waals surface area contributed by atoms with Crippen LogP contribution < -0.4 is 5.32 Å². The van der Waals surface area contributed by atoms with Gasteiger partial charge in [0.2, 0.25) is 0 Å². The van der Waals surface area contributed by atoms with E-state index in [0.29, 0.717) is 0 Å². The maximum absolute atomic E-state index is 4.42. The summed E-state index contributed by atoms with van der Waals surface area (Å²) in [5, 5.41) is 2.80. The van der Waals surface area contributed by atoms with Crippen molar-refractivity contribution in [1.29, 1.82) is 0 Å². The fourth-order valence-corrected chi connectivity index (χ4v) is 0.433. The van der Waals surface area contributed by atoms with Crippen LogP contribution in [-0.4, -0.2) is 37.6 Å². The first kappa shape index (κ1) is 7.85. The van der Waals surface area contributed by atoms with Crippen LogP contribution in [0.4, 0.5) is 0 Å². The van der Waals surface area contributed by atoms with Crippen LogP contribution in [0, 0.1) is 0 Å². The molecule has 0 aromatic carbocycles. The average Bonchev–Trinajstić information content (AvgIpc) is 1.66. The second-order valence-corrected chi connectivity index (χ2v) is 2.04. The normalized spacial score (nSPS) is 9.38. The quantitative estimate of drug-likeness (QED) is 0.328. The minimum atomic E-state index is 0.885. The molecule has 8 heavy (non-hydrogen) atoms. The lowest BCUT2D eigenvalue weighted by Crippen LogP contribution is -2.24. The molecule has 0 spiro atoms. The molecule has 0 rings (SSSR count). The zero-order valence-corrected chi connectivity index (χ0v) is 6.09. The Balaban J connectivity index is 2.81. The number of hydrogen-bond donors (Lipinski definition) is 1. The fourth-order valence-electron chi connectivity index (χ4n) is 0.331. The summed E-state index contributed by atoms with van der Waals surface area (Å²) in [5.41, 5.74) is 2.43. The van der Waals surface area contributed by atoms with E-state index in [4.69, 9.17) is 0 Å². The van der Waals surface area contributed by atoms with Crippen LogP contribution in [0.25, 0.3) is 0 Å². The standard InChI is InChI=1S/C5H11N2S/c1-7(2)4-3-6-5-8/h3-4H2,1-2H3,(H,6,8). The summed E-state index contributed by atoms with van der Waals surface area (Å²) in [6, 6.07) is 0. The van der Waals surface area contributed by atoms with E-state index in [0.717, 1.165) is 13.1 Å². The highest BCUT2D eigenvalue weighted by Gasteiger charge is 1.84. The van der Waals surface area contributed by atoms with Gasteiger partial charge >= 0.3 is 0 Å². The Kier molecular flexibility index (Phi) is 4.90. The largest absolute Gasteiger partial charge is 0.373 e. The van der Waals surface area contributed by atoms with Crippen LogP contribution in [-0.2, 0) is 0 Å². The zero-order chi connectivity index (χ0) is 6.41. The summed E-state index contributed by atoms with van der Waals surface area (Å²) in [6.45, 7) is 1.89. The third kappa shape index (κ3) is 5.85. The average molecular weight is 131 g/mol. The number of nitrogens with zero attached hydrogens (tertiary/aromatic N) is 1. The first-order valence-corrected chi connectivity index (χ1v) is 2.93. The highest BCUT2D eigenvalue weighted by atomic mass is 32.1. The van der Waals surface area contributed by atoms with Gasteiger partial charge in [-0.15, -0.1) is 0 Å². The Labute approximate surface area is 55.9 Å². The molecule has 0 heterocycles. The van der Waals surface area contributed by atoms with Crippen molar-refractivity contribution in [3.63, 3.8) is 0 Å². The Morgan fingerprint density at radius 1 is 1.62 bits per heavy atom. The molecule has 0 aliphatic carbocycles. The maximum Gasteiger partial charge on any atom is 0.134 e. The zero-order valence-electron chi connectivity index (χ0n) is 5.27. The van der Waals surface area contributed by atoms with Gasteiger partial charge in [0.05, 0.1) is 0 Å². The lowest BCUT2D eigenvalue weighted by atomic mass is 10.6. The van der Waals surface area contributed by atoms with E-state index < -0.39 is 0 Å². The predicted molar refractivity (Wildman–Crippen MR) is 39.2 cm³/mol. The van der Waals surface area contributed by atoms with Crippen molar-refractivity contribution in [1.82, 2.24) is 10.2 Å². The molecular weight excluding hydrogens is 120 g/mol. The molecule has 0 saturated heterocycles. The van der Waals surface area contributed by atoms with Crippen molar-refractivity contribution < 1.29 is 0 Å². The molecule has 0 aliphatic heterocycles. The van der Waals surface area contributed by atoms with Crippen molar-refractivity contribution >= 4 is 17.7 Å². The molecule has 47 valence electrons. The lowest BCUT2D eigenvalue weighted by molar-refractivity contribution is 0.414. The maximum atomic E-state index is 4.42. The van der Waals surface area contributed by atoms with Gasteiger partial charge in [-0.05, 0) is 14.1 Å². The molecule has 0 aromatic rings. The van der Waals surface area contributed by atoms with Gasteiger partial charge in [-0.2, -0.15) is 0 Å². The Bertz CT molecular complexity index is 63.4. The molecule has 0 aliphatic rings. The topological polar surface area (TPSA) is 15.3 Å². The molecule has 3 heteroatoms. The summed E-state index contributed by atoms with van der Waals surface area (Å²) >= 11 is 4.42. The van der Waals surface area contributed by atoms with Gasteiger partial charge in [0.15, 0.2) is 0 Å². The van der Waals surface area contributed by atoms with E-state index >= 15 is 0 Å². The number of hydrogen-bond acceptors (Lipinski definition) is 2. The smallest absolute Gasteiger partial charge is 0.134 e. The van der Waals surface area contributed by atoms with E-state index in [1.54, 1.807) is 0 Å². The molecule has 1 radical (unpaired) electrons. The van der Waals surface area contributed by atoms with Gasteiger partial charge < -0.3 is 10.2 Å². The van der Waals surface area contributed by atoms with Crippen LogP contribution in [0.5, 0.6) is 0 Å². The second kappa shape index (κ2) is 5.00. The molecular formula is C5H11N2S. The molecule has 2 nitrogen and oxygen atoms in total. The summed E-state index contributed by atoms with van der Waals surface area (Å²) in [5.74, 6) is 0. The Morgan fingerprint density at radius 3 is 2.62 bits per heavy atom. The molecule has 0 atom stereocenters. The van der Waals surface area contributed by atoms with Crippen molar-refractivity contribution in [2.24, 2.45) is 0 Å². The van der Waals surface area contributed by atoms with Gasteiger partial charge in [0.1, 0.15) is 5.49 Å².